The van der Waals surface area contributed by atoms with E-state index in [1.165, 1.54) is 16.8 Å². The summed E-state index contributed by atoms with van der Waals surface area (Å²) < 4.78 is 1.30. The van der Waals surface area contributed by atoms with Crippen LogP contribution < -0.4 is 16.6 Å². The van der Waals surface area contributed by atoms with Crippen LogP contribution in [0.15, 0.2) is 40.1 Å². The molecule has 0 aromatic carbocycles. The van der Waals surface area contributed by atoms with Crippen molar-refractivity contribution >= 4 is 5.91 Å². The van der Waals surface area contributed by atoms with Gasteiger partial charge in [-0.1, -0.05) is 13.0 Å². The van der Waals surface area contributed by atoms with Crippen LogP contribution in [0.5, 0.6) is 0 Å². The van der Waals surface area contributed by atoms with Crippen molar-refractivity contribution in [2.75, 3.05) is 0 Å². The number of nitrogens with zero attached hydrogens (tertiary/aromatic N) is 2. The van der Waals surface area contributed by atoms with E-state index in [0.717, 1.165) is 17.8 Å². The molecule has 0 aliphatic carbocycles. The number of hydrogen-bond acceptors (Lipinski definition) is 4. The summed E-state index contributed by atoms with van der Waals surface area (Å²) in [5.41, 5.74) is 0.752. The van der Waals surface area contributed by atoms with Gasteiger partial charge >= 0.3 is 5.69 Å². The van der Waals surface area contributed by atoms with Crippen LogP contribution >= 0.6 is 0 Å². The Balaban J connectivity index is 1.97. The first kappa shape index (κ1) is 16.7. The van der Waals surface area contributed by atoms with E-state index in [2.05, 4.69) is 15.3 Å². The molecule has 7 nitrogen and oxygen atoms in total. The van der Waals surface area contributed by atoms with Gasteiger partial charge in [0.2, 0.25) is 5.91 Å². The first-order valence-electron chi connectivity index (χ1n) is 7.52. The molecule has 0 saturated carbocycles. The topological polar surface area (TPSA) is 96.9 Å². The first-order valence-corrected chi connectivity index (χ1v) is 7.52. The number of H-pyrrole nitrogens is 1. The molecule has 23 heavy (non-hydrogen) atoms. The first-order chi connectivity index (χ1) is 11.0. The summed E-state index contributed by atoms with van der Waals surface area (Å²) >= 11 is 0. The number of pyridine rings is 1. The molecule has 0 fully saturated rings. The van der Waals surface area contributed by atoms with Gasteiger partial charge in [0.05, 0.1) is 11.7 Å². The van der Waals surface area contributed by atoms with Crippen molar-refractivity contribution in [3.8, 4) is 0 Å². The Morgan fingerprint density at radius 2 is 2.13 bits per heavy atom. The number of hydrogen-bond donors (Lipinski definition) is 2. The highest BCUT2D eigenvalue weighted by atomic mass is 16.2. The summed E-state index contributed by atoms with van der Waals surface area (Å²) in [6.07, 6.45) is 2.25. The Bertz CT molecular complexity index is 794. The van der Waals surface area contributed by atoms with E-state index < -0.39 is 11.2 Å². The summed E-state index contributed by atoms with van der Waals surface area (Å²) in [7, 11) is 0. The third kappa shape index (κ3) is 4.64. The second-order valence-electron chi connectivity index (χ2n) is 5.29. The van der Waals surface area contributed by atoms with E-state index >= 15 is 0 Å². The maximum Gasteiger partial charge on any atom is 0.328 e. The van der Waals surface area contributed by atoms with Gasteiger partial charge in [0.25, 0.3) is 5.56 Å². The molecule has 2 N–H and O–H groups in total. The van der Waals surface area contributed by atoms with Crippen LogP contribution in [0, 0.1) is 6.92 Å². The Morgan fingerprint density at radius 1 is 1.35 bits per heavy atom. The van der Waals surface area contributed by atoms with Crippen LogP contribution in [-0.2, 0) is 11.3 Å². The third-order valence-electron chi connectivity index (χ3n) is 3.49. The molecule has 0 spiro atoms. The van der Waals surface area contributed by atoms with E-state index in [-0.39, 0.29) is 24.9 Å². The summed E-state index contributed by atoms with van der Waals surface area (Å²) in [6.45, 7) is 4.08. The van der Waals surface area contributed by atoms with Crippen LogP contribution in [0.1, 0.15) is 37.2 Å². The van der Waals surface area contributed by atoms with Crippen LogP contribution in [0.25, 0.3) is 0 Å². The average Bonchev–Trinajstić information content (AvgIpc) is 2.51. The largest absolute Gasteiger partial charge is 0.348 e. The van der Waals surface area contributed by atoms with Gasteiger partial charge < -0.3 is 9.88 Å². The summed E-state index contributed by atoms with van der Waals surface area (Å²) in [5, 5.41) is 2.92. The molecule has 2 heterocycles. The molecule has 0 saturated heterocycles. The molecule has 1 amide bonds. The molecule has 0 aliphatic heterocycles. The van der Waals surface area contributed by atoms with Gasteiger partial charge in [0.1, 0.15) is 0 Å². The van der Waals surface area contributed by atoms with Crippen LogP contribution in [0.4, 0.5) is 0 Å². The lowest BCUT2D eigenvalue weighted by molar-refractivity contribution is -0.122. The fourth-order valence-corrected chi connectivity index (χ4v) is 2.25. The smallest absolute Gasteiger partial charge is 0.328 e. The van der Waals surface area contributed by atoms with Crippen LogP contribution in [0.3, 0.4) is 0 Å². The minimum atomic E-state index is -0.516. The van der Waals surface area contributed by atoms with E-state index in [4.69, 9.17) is 0 Å². The molecule has 0 unspecified atom stereocenters. The van der Waals surface area contributed by atoms with Crippen molar-refractivity contribution in [1.29, 1.82) is 0 Å². The van der Waals surface area contributed by atoms with Crippen molar-refractivity contribution in [3.63, 3.8) is 0 Å². The van der Waals surface area contributed by atoms with Gasteiger partial charge in [0, 0.05) is 30.9 Å². The number of aryl methyl sites for hydroxylation is 2. The summed E-state index contributed by atoms with van der Waals surface area (Å²) in [5.74, 6) is -0.168. The minimum Gasteiger partial charge on any atom is -0.348 e. The number of carbonyl (C=O) groups excluding carboxylic acids is 1. The molecule has 0 radical (unpaired) electrons. The fourth-order valence-electron chi connectivity index (χ4n) is 2.25. The molecule has 122 valence electrons. The van der Waals surface area contributed by atoms with E-state index in [9.17, 15) is 14.4 Å². The zero-order valence-corrected chi connectivity index (χ0v) is 13.2. The molecule has 2 aromatic heterocycles. The predicted molar refractivity (Wildman–Crippen MR) is 86.1 cm³/mol. The maximum absolute atomic E-state index is 12.1. The highest BCUT2D eigenvalue weighted by Crippen LogP contribution is 2.14. The lowest BCUT2D eigenvalue weighted by Gasteiger charge is -2.17. The van der Waals surface area contributed by atoms with Crippen molar-refractivity contribution in [3.05, 3.63) is 62.7 Å². The standard InChI is InChI=1S/C16H20N4O3/c1-3-12(13-6-4-5-11(2)17-13)18-14(21)7-9-20-10-8-15(22)19-16(20)23/h4-6,8,10,12H,3,7,9H2,1-2H3,(H,18,21)(H,19,22,23)/t12-/m1/s1. The van der Waals surface area contributed by atoms with E-state index in [1.54, 1.807) is 0 Å². The van der Waals surface area contributed by atoms with Crippen LogP contribution in [0.2, 0.25) is 0 Å². The number of nitrogens with one attached hydrogen (secondary N) is 2. The quantitative estimate of drug-likeness (QED) is 0.827. The summed E-state index contributed by atoms with van der Waals surface area (Å²) in [6, 6.07) is 6.79. The highest BCUT2D eigenvalue weighted by molar-refractivity contribution is 5.76. The monoisotopic (exact) mass is 316 g/mol. The normalized spacial score (nSPS) is 11.9. The molecule has 0 bridgehead atoms. The van der Waals surface area contributed by atoms with Crippen molar-refractivity contribution in [1.82, 2.24) is 19.9 Å². The number of aromatic nitrogens is 3. The molecule has 0 aliphatic rings. The second-order valence-corrected chi connectivity index (χ2v) is 5.29. The van der Waals surface area contributed by atoms with Gasteiger partial charge in [-0.05, 0) is 25.5 Å². The zero-order valence-electron chi connectivity index (χ0n) is 13.2. The van der Waals surface area contributed by atoms with Gasteiger partial charge in [0.15, 0.2) is 0 Å². The van der Waals surface area contributed by atoms with Crippen molar-refractivity contribution < 1.29 is 4.79 Å². The molecular formula is C16H20N4O3. The Kier molecular flexibility index (Phi) is 5.46. The van der Waals surface area contributed by atoms with E-state index in [0.29, 0.717) is 0 Å². The fraction of sp³-hybridized carbons (Fsp3) is 0.375. The highest BCUT2D eigenvalue weighted by Gasteiger charge is 2.14. The predicted octanol–water partition coefficient (Wildman–Crippen LogP) is 0.898. The van der Waals surface area contributed by atoms with Crippen LogP contribution in [-0.4, -0.2) is 20.4 Å². The molecule has 2 aromatic rings. The molecular weight excluding hydrogens is 296 g/mol. The molecule has 7 heteroatoms. The van der Waals surface area contributed by atoms with Gasteiger partial charge in [-0.2, -0.15) is 0 Å². The number of amides is 1. The summed E-state index contributed by atoms with van der Waals surface area (Å²) in [4.78, 5) is 41.2. The number of rotatable bonds is 6. The lowest BCUT2D eigenvalue weighted by atomic mass is 10.1. The number of aromatic amines is 1. The Morgan fingerprint density at radius 3 is 2.78 bits per heavy atom. The van der Waals surface area contributed by atoms with E-state index in [1.807, 2.05) is 32.0 Å². The zero-order chi connectivity index (χ0) is 16.8. The number of carbonyl (C=O) groups is 1. The van der Waals surface area contributed by atoms with Crippen molar-refractivity contribution in [2.24, 2.45) is 0 Å². The maximum atomic E-state index is 12.1. The van der Waals surface area contributed by atoms with Gasteiger partial charge in [-0.25, -0.2) is 4.79 Å². The van der Waals surface area contributed by atoms with Crippen molar-refractivity contribution in [2.45, 2.75) is 39.3 Å². The molecule has 1 atom stereocenters. The molecule has 2 rings (SSSR count). The Labute approximate surface area is 133 Å². The Hall–Kier alpha value is -2.70. The SMILES string of the molecule is CC[C@@H](NC(=O)CCn1ccc(=O)[nH]c1=O)c1cccc(C)n1. The lowest BCUT2D eigenvalue weighted by Crippen LogP contribution is -2.32. The minimum absolute atomic E-state index is 0.147. The second kappa shape index (κ2) is 7.53. The van der Waals surface area contributed by atoms with Gasteiger partial charge in [-0.15, -0.1) is 0 Å². The third-order valence-corrected chi connectivity index (χ3v) is 3.49. The average molecular weight is 316 g/mol. The van der Waals surface area contributed by atoms with Gasteiger partial charge in [-0.3, -0.25) is 19.6 Å².